The lowest BCUT2D eigenvalue weighted by atomic mass is 10.5. The average molecular weight is 284 g/mol. The van der Waals surface area contributed by atoms with Gasteiger partial charge in [0.15, 0.2) is 5.03 Å². The number of rotatable bonds is 4. The Balaban J connectivity index is 2.36. The van der Waals surface area contributed by atoms with E-state index < -0.39 is 10.8 Å². The van der Waals surface area contributed by atoms with Crippen LogP contribution in [0, 0.1) is 10.1 Å². The fourth-order valence-corrected chi connectivity index (χ4v) is 2.30. The zero-order valence-electron chi connectivity index (χ0n) is 10.00. The summed E-state index contributed by atoms with van der Waals surface area (Å²) in [5.41, 5.74) is 8.02. The lowest BCUT2D eigenvalue weighted by Gasteiger charge is -2.11. The molecule has 2 heterocycles. The van der Waals surface area contributed by atoms with Crippen molar-refractivity contribution in [3.63, 3.8) is 0 Å². The van der Waals surface area contributed by atoms with Gasteiger partial charge in [0, 0.05) is 20.0 Å². The van der Waals surface area contributed by atoms with E-state index in [4.69, 9.17) is 0 Å². The molecule has 1 aromatic heterocycles. The summed E-state index contributed by atoms with van der Waals surface area (Å²) >= 11 is 1.01. The molecule has 3 N–H and O–H groups in total. The first-order valence-electron chi connectivity index (χ1n) is 5.03. The third kappa shape index (κ3) is 2.46. The van der Waals surface area contributed by atoms with E-state index in [1.165, 1.54) is 17.9 Å². The van der Waals surface area contributed by atoms with E-state index in [-0.39, 0.29) is 11.5 Å². The van der Waals surface area contributed by atoms with E-state index in [9.17, 15) is 15.2 Å². The van der Waals surface area contributed by atoms with Crippen molar-refractivity contribution >= 4 is 23.5 Å². The quantitative estimate of drug-likeness (QED) is 0.266. The third-order valence-electron chi connectivity index (χ3n) is 2.24. The van der Waals surface area contributed by atoms with E-state index in [1.807, 2.05) is 0 Å². The van der Waals surface area contributed by atoms with Crippen molar-refractivity contribution in [1.29, 1.82) is 0 Å². The minimum Gasteiger partial charge on any atom is -0.857 e. The van der Waals surface area contributed by atoms with Gasteiger partial charge in [0.1, 0.15) is 5.03 Å². The highest BCUT2D eigenvalue weighted by Gasteiger charge is 2.25. The molecule has 0 saturated heterocycles. The number of imidazole rings is 1. The number of aliphatic imine (C=N–C) groups is 1. The zero-order chi connectivity index (χ0) is 14.0. The highest BCUT2D eigenvalue weighted by atomic mass is 32.2. The van der Waals surface area contributed by atoms with Gasteiger partial charge in [-0.1, -0.05) is 0 Å². The van der Waals surface area contributed by atoms with Gasteiger partial charge >= 0.3 is 5.82 Å². The van der Waals surface area contributed by atoms with Crippen molar-refractivity contribution in [3.8, 4) is 0 Å². The maximum atomic E-state index is 11.5. The van der Waals surface area contributed by atoms with Crippen LogP contribution in [0.2, 0.25) is 0 Å². The molecular weight excluding hydrogens is 274 g/mol. The predicted molar refractivity (Wildman–Crippen MR) is 65.5 cm³/mol. The first-order valence-corrected chi connectivity index (χ1v) is 5.85. The highest BCUT2D eigenvalue weighted by molar-refractivity contribution is 8.03. The summed E-state index contributed by atoms with van der Waals surface area (Å²) in [5, 5.41) is 23.1. The topological polar surface area (TPSA) is 132 Å². The van der Waals surface area contributed by atoms with Crippen LogP contribution in [0.1, 0.15) is 0 Å². The molecule has 1 aliphatic heterocycles. The maximum Gasteiger partial charge on any atom is 0.396 e. The van der Waals surface area contributed by atoms with Gasteiger partial charge in [-0.2, -0.15) is 0 Å². The van der Waals surface area contributed by atoms with Crippen molar-refractivity contribution < 1.29 is 10.0 Å². The fraction of sp³-hybridized carbons (Fsp3) is 0.250. The molecule has 1 aromatic rings. The van der Waals surface area contributed by atoms with Gasteiger partial charge in [-0.15, -0.1) is 5.53 Å². The van der Waals surface area contributed by atoms with Crippen LogP contribution >= 0.6 is 11.8 Å². The number of nitrogens with zero attached hydrogens (tertiary/aromatic N) is 4. The molecule has 1 aliphatic rings. The fourth-order valence-electron chi connectivity index (χ4n) is 1.35. The average Bonchev–Trinajstić information content (AvgIpc) is 2.97. The second-order valence-electron chi connectivity index (χ2n) is 3.45. The van der Waals surface area contributed by atoms with Crippen molar-refractivity contribution in [2.24, 2.45) is 12.0 Å². The van der Waals surface area contributed by atoms with E-state index >= 15 is 0 Å². The Morgan fingerprint density at radius 1 is 1.58 bits per heavy atom. The Kier molecular flexibility index (Phi) is 3.57. The highest BCUT2D eigenvalue weighted by Crippen LogP contribution is 2.33. The van der Waals surface area contributed by atoms with Crippen molar-refractivity contribution in [1.82, 2.24) is 25.9 Å². The van der Waals surface area contributed by atoms with E-state index in [2.05, 4.69) is 26.4 Å². The number of hydrogen-bond donors (Lipinski definition) is 3. The van der Waals surface area contributed by atoms with Gasteiger partial charge in [0.25, 0.3) is 0 Å². The van der Waals surface area contributed by atoms with Gasteiger partial charge < -0.3 is 30.2 Å². The summed E-state index contributed by atoms with van der Waals surface area (Å²) in [6.07, 6.45) is 1.34. The van der Waals surface area contributed by atoms with Gasteiger partial charge in [0.05, 0.1) is 5.70 Å². The molecule has 0 unspecified atom stereocenters. The van der Waals surface area contributed by atoms with Crippen molar-refractivity contribution in [2.45, 2.75) is 5.03 Å². The molecule has 0 radical (unpaired) electrons. The molecule has 0 fully saturated rings. The van der Waals surface area contributed by atoms with Crippen LogP contribution in [0.15, 0.2) is 27.1 Å². The molecule has 2 rings (SSSR count). The summed E-state index contributed by atoms with van der Waals surface area (Å²) in [7, 11) is 2.99. The Labute approximate surface area is 111 Å². The zero-order valence-corrected chi connectivity index (χ0v) is 10.8. The summed E-state index contributed by atoms with van der Waals surface area (Å²) in [5.74, 6) is -0.737. The molecule has 10 nitrogen and oxygen atoms in total. The van der Waals surface area contributed by atoms with E-state index in [0.29, 0.717) is 10.1 Å². The summed E-state index contributed by atoms with van der Waals surface area (Å²) < 4.78 is 1.50. The summed E-state index contributed by atoms with van der Waals surface area (Å²) in [6.45, 7) is 0. The molecule has 0 bridgehead atoms. The summed E-state index contributed by atoms with van der Waals surface area (Å²) in [6, 6.07) is 0. The van der Waals surface area contributed by atoms with Crippen LogP contribution in [-0.2, 0) is 7.05 Å². The molecule has 19 heavy (non-hydrogen) atoms. The molecule has 0 saturated carbocycles. The minimum atomic E-state index is -0.579. The van der Waals surface area contributed by atoms with Gasteiger partial charge in [-0.3, -0.25) is 5.43 Å². The number of nitro groups is 1. The number of hydrazine groups is 2. The number of aryl methyl sites for hydroxylation is 1. The van der Waals surface area contributed by atoms with Crippen LogP contribution in [0.3, 0.4) is 0 Å². The molecule has 0 spiro atoms. The van der Waals surface area contributed by atoms with Crippen LogP contribution < -0.4 is 21.5 Å². The third-order valence-corrected chi connectivity index (χ3v) is 3.42. The Hall–Kier alpha value is -2.27. The molecule has 0 aromatic carbocycles. The van der Waals surface area contributed by atoms with Crippen molar-refractivity contribution in [3.05, 3.63) is 27.2 Å². The predicted octanol–water partition coefficient (Wildman–Crippen LogP) is -1.41. The lowest BCUT2D eigenvalue weighted by molar-refractivity contribution is -0.392. The monoisotopic (exact) mass is 284 g/mol. The van der Waals surface area contributed by atoms with Crippen LogP contribution in [-0.4, -0.2) is 27.4 Å². The summed E-state index contributed by atoms with van der Waals surface area (Å²) in [4.78, 5) is 17.5. The Morgan fingerprint density at radius 2 is 2.32 bits per heavy atom. The number of hydrogen-bond acceptors (Lipinski definition) is 9. The normalized spacial score (nSPS) is 15.4. The van der Waals surface area contributed by atoms with Gasteiger partial charge in [-0.05, 0) is 21.7 Å². The van der Waals surface area contributed by atoms with Crippen LogP contribution in [0.4, 0.5) is 5.82 Å². The number of nitrogens with one attached hydrogen (secondary N) is 3. The van der Waals surface area contributed by atoms with E-state index in [0.717, 1.165) is 11.8 Å². The van der Waals surface area contributed by atoms with Crippen LogP contribution in [0.5, 0.6) is 0 Å². The molecule has 0 atom stereocenters. The Morgan fingerprint density at radius 3 is 2.95 bits per heavy atom. The number of thioether (sulfide) groups is 1. The first-order chi connectivity index (χ1) is 9.04. The largest absolute Gasteiger partial charge is 0.857 e. The molecular formula is C8H10N7O3S-. The Bertz CT molecular complexity index is 579. The second kappa shape index (κ2) is 5.16. The number of aromatic nitrogens is 2. The van der Waals surface area contributed by atoms with Crippen molar-refractivity contribution in [2.75, 3.05) is 7.05 Å². The first kappa shape index (κ1) is 13.2. The minimum absolute atomic E-state index is 0.197. The molecule has 0 aliphatic carbocycles. The van der Waals surface area contributed by atoms with Gasteiger partial charge in [0.2, 0.25) is 6.33 Å². The molecule has 0 amide bonds. The SMILES string of the molecule is CN=C([O-])C1=C(Sc2c([N+](=O)[O-])ncn2C)NNN1. The lowest BCUT2D eigenvalue weighted by Crippen LogP contribution is -2.36. The molecule has 11 heteroatoms. The van der Waals surface area contributed by atoms with E-state index in [1.54, 1.807) is 7.05 Å². The second-order valence-corrected chi connectivity index (χ2v) is 4.45. The maximum absolute atomic E-state index is 11.5. The van der Waals surface area contributed by atoms with Gasteiger partial charge in [-0.25, -0.2) is 0 Å². The standard InChI is InChI=1S/C8H11N7O3S/c1-9-6(16)4-7(12-13-11-4)19-8-5(15(17)18)10-3-14(8)2/h3,11-13H,1-2H3,(H,9,16)/p-1. The van der Waals surface area contributed by atoms with Crippen LogP contribution in [0.25, 0.3) is 0 Å². The molecule has 102 valence electrons. The smallest absolute Gasteiger partial charge is 0.396 e.